The molecule has 0 radical (unpaired) electrons. The minimum absolute atomic E-state index is 0.0474. The van der Waals surface area contributed by atoms with Gasteiger partial charge in [0.2, 0.25) is 0 Å². The monoisotopic (exact) mass is 1390 g/mol. The van der Waals surface area contributed by atoms with Crippen molar-refractivity contribution in [2.45, 2.75) is 204 Å². The maximum absolute atomic E-state index is 14.5. The van der Waals surface area contributed by atoms with Crippen LogP contribution in [0.5, 0.6) is 0 Å². The average Bonchev–Trinajstić information content (AvgIpc) is 0.769. The van der Waals surface area contributed by atoms with E-state index in [9.17, 15) is 34.3 Å². The first kappa shape index (κ1) is 76.1. The fourth-order valence-electron chi connectivity index (χ4n) is 12.0. The quantitative estimate of drug-likeness (QED) is 0.00927. The molecule has 4 aliphatic rings. The van der Waals surface area contributed by atoms with Crippen LogP contribution in [0.1, 0.15) is 93.4 Å². The number of esters is 5. The van der Waals surface area contributed by atoms with Crippen LogP contribution < -0.4 is 0 Å². The lowest BCUT2D eigenvalue weighted by Gasteiger charge is -2.51. The third-order valence-electron chi connectivity index (χ3n) is 16.7. The van der Waals surface area contributed by atoms with Crippen molar-refractivity contribution in [1.82, 2.24) is 0 Å². The average molecular weight is 1390 g/mol. The lowest BCUT2D eigenvalue weighted by atomic mass is 9.96. The molecular weight excluding hydrogens is 1300 g/mol. The number of benzene rings is 5. The van der Waals surface area contributed by atoms with E-state index in [2.05, 4.69) is 10.0 Å². The fourth-order valence-corrected chi connectivity index (χ4v) is 12.0. The smallest absolute Gasteiger partial charge is 0.338 e. The van der Waals surface area contributed by atoms with Crippen LogP contribution in [-0.2, 0) is 136 Å². The maximum Gasteiger partial charge on any atom is 0.338 e. The van der Waals surface area contributed by atoms with Gasteiger partial charge in [0, 0.05) is 52.4 Å². The van der Waals surface area contributed by atoms with Crippen molar-refractivity contribution >= 4 is 35.6 Å². The molecule has 0 spiro atoms. The zero-order valence-corrected chi connectivity index (χ0v) is 56.8. The van der Waals surface area contributed by atoms with Gasteiger partial charge in [-0.2, -0.15) is 0 Å². The molecule has 100 heavy (non-hydrogen) atoms. The molecule has 0 saturated carbocycles. The Kier molecular flexibility index (Phi) is 29.4. The summed E-state index contributed by atoms with van der Waals surface area (Å²) in [6.07, 6.45) is -26.7. The molecular formula is C73H87N3O24. The molecule has 19 atom stereocenters. The number of nitrogens with zero attached hydrogens (tertiary/aromatic N) is 3. The normalized spacial score (nSPS) is 28.9. The second-order valence-electron chi connectivity index (χ2n) is 24.3. The molecule has 0 N–H and O–H groups in total. The van der Waals surface area contributed by atoms with E-state index in [1.807, 2.05) is 128 Å². The molecule has 0 aromatic heterocycles. The molecule has 4 aliphatic heterocycles. The number of ketones is 1. The highest BCUT2D eigenvalue weighted by atomic mass is 16.8. The number of rotatable bonds is 34. The summed E-state index contributed by atoms with van der Waals surface area (Å²) in [6, 6.07) is 45.7. The van der Waals surface area contributed by atoms with Gasteiger partial charge in [0.05, 0.1) is 63.8 Å². The Morgan fingerprint density at radius 3 is 1.48 bits per heavy atom. The van der Waals surface area contributed by atoms with Crippen LogP contribution in [0.2, 0.25) is 0 Å². The molecule has 4 fully saturated rings. The number of hydrogen-bond acceptors (Lipinski definition) is 25. The van der Waals surface area contributed by atoms with Crippen LogP contribution in [0, 0.1) is 0 Å². The minimum atomic E-state index is -1.86. The Balaban J connectivity index is 1.17. The Morgan fingerprint density at radius 2 is 0.940 bits per heavy atom. The van der Waals surface area contributed by atoms with Gasteiger partial charge in [0.25, 0.3) is 0 Å². The number of Topliss-reactive ketones (excluding diaryl/α,β-unsaturated/α-hetero) is 1. The molecule has 9 rings (SSSR count). The number of azide groups is 1. The Bertz CT molecular complexity index is 3410. The molecule has 4 heterocycles. The lowest BCUT2D eigenvalue weighted by molar-refractivity contribution is -0.394. The second-order valence-corrected chi connectivity index (χ2v) is 24.3. The summed E-state index contributed by atoms with van der Waals surface area (Å²) in [6.45, 7) is 7.39. The van der Waals surface area contributed by atoms with E-state index in [4.69, 9.17) is 85.3 Å². The van der Waals surface area contributed by atoms with Crippen LogP contribution in [0.25, 0.3) is 10.4 Å². The summed E-state index contributed by atoms with van der Waals surface area (Å²) >= 11 is 0. The Labute approximate surface area is 579 Å². The van der Waals surface area contributed by atoms with Crippen molar-refractivity contribution in [2.24, 2.45) is 5.11 Å². The molecule has 27 nitrogen and oxygen atoms in total. The number of ether oxygens (including phenoxy) is 18. The van der Waals surface area contributed by atoms with Gasteiger partial charge >= 0.3 is 29.8 Å². The van der Waals surface area contributed by atoms with Gasteiger partial charge in [-0.1, -0.05) is 145 Å². The van der Waals surface area contributed by atoms with Gasteiger partial charge in [-0.25, -0.2) is 4.79 Å². The van der Waals surface area contributed by atoms with Crippen molar-refractivity contribution in [1.29, 1.82) is 0 Å². The first-order valence-electron chi connectivity index (χ1n) is 33.2. The summed E-state index contributed by atoms with van der Waals surface area (Å²) in [5.74, 6) is -4.76. The topological polar surface area (TPSA) is 317 Å². The molecule has 5 aromatic rings. The van der Waals surface area contributed by atoms with E-state index in [-0.39, 0.29) is 70.4 Å². The van der Waals surface area contributed by atoms with E-state index in [0.717, 1.165) is 37.5 Å². The van der Waals surface area contributed by atoms with Crippen molar-refractivity contribution < 1.29 is 114 Å². The molecule has 0 bridgehead atoms. The zero-order chi connectivity index (χ0) is 70.9. The Morgan fingerprint density at radius 1 is 0.470 bits per heavy atom. The molecule has 0 amide bonds. The molecule has 27 heteroatoms. The van der Waals surface area contributed by atoms with E-state index >= 15 is 0 Å². The van der Waals surface area contributed by atoms with Crippen LogP contribution >= 0.6 is 0 Å². The van der Waals surface area contributed by atoms with Crippen LogP contribution in [0.15, 0.2) is 157 Å². The second kappa shape index (κ2) is 38.6. The zero-order valence-electron chi connectivity index (χ0n) is 56.8. The van der Waals surface area contributed by atoms with Gasteiger partial charge in [-0.3, -0.25) is 19.2 Å². The molecule has 0 aliphatic carbocycles. The predicted molar refractivity (Wildman–Crippen MR) is 350 cm³/mol. The largest absolute Gasteiger partial charge is 0.456 e. The molecule has 4 saturated heterocycles. The van der Waals surface area contributed by atoms with Gasteiger partial charge in [0.1, 0.15) is 54.6 Å². The van der Waals surface area contributed by atoms with E-state index in [1.165, 1.54) is 33.1 Å². The fraction of sp³-hybridized carbons (Fsp3) is 0.507. The minimum Gasteiger partial charge on any atom is -0.456 e. The van der Waals surface area contributed by atoms with Crippen LogP contribution in [0.3, 0.4) is 0 Å². The summed E-state index contributed by atoms with van der Waals surface area (Å²) in [5, 5.41) is 3.73. The first-order chi connectivity index (χ1) is 48.5. The molecule has 0 unspecified atom stereocenters. The van der Waals surface area contributed by atoms with Gasteiger partial charge < -0.3 is 90.1 Å². The highest BCUT2D eigenvalue weighted by molar-refractivity contribution is 5.89. The standard InChI is InChI=1S/C73H87N3O24/c1-44(77)34-35-57(81)97-66-61(99-73-68(94-49(6)80)64(93-48(5)79)59(46(3)91-73)92-47(4)78)56(95-69(82)54-32-21-12-22-33-54)43-89-71(66)98-60-55(42-84-38-50-24-13-8-14-25-50)96-70(85-37-23-36-75-76-74)67(63(60)88-41-53-30-19-11-20-31-53)100-72-65(83-7)62(87-40-52-28-17-10-18-29-52)58(45(2)90-72)86-39-51-26-15-9-16-27-51/h8-22,24-33,45-46,55-56,58-68,70-73H,23,34-43H2,1-7H3/t45-,46-,55+,56-,58+,59-,60-,61-,62+,63-,64+,65-,66+,67+,68+,70+,71-,72-,73-/m0/s1. The number of methoxy groups -OCH3 is 1. The van der Waals surface area contributed by atoms with Crippen molar-refractivity contribution in [3.8, 4) is 0 Å². The molecule has 5 aromatic carbocycles. The third kappa shape index (κ3) is 22.0. The molecule has 538 valence electrons. The van der Waals surface area contributed by atoms with Gasteiger partial charge in [-0.15, -0.1) is 0 Å². The third-order valence-corrected chi connectivity index (χ3v) is 16.7. The van der Waals surface area contributed by atoms with E-state index in [1.54, 1.807) is 18.2 Å². The van der Waals surface area contributed by atoms with Gasteiger partial charge in [-0.05, 0) is 67.1 Å². The van der Waals surface area contributed by atoms with Crippen LogP contribution in [-0.4, -0.2) is 186 Å². The Hall–Kier alpha value is -8.09. The summed E-state index contributed by atoms with van der Waals surface area (Å²) in [4.78, 5) is 83.1. The summed E-state index contributed by atoms with van der Waals surface area (Å²) in [5.41, 5.74) is 12.7. The summed E-state index contributed by atoms with van der Waals surface area (Å²) in [7, 11) is 1.49. The summed E-state index contributed by atoms with van der Waals surface area (Å²) < 4.78 is 119. The number of carbonyl (C=O) groups excluding carboxylic acids is 6. The highest BCUT2D eigenvalue weighted by Crippen LogP contribution is 2.40. The van der Waals surface area contributed by atoms with Crippen LogP contribution in [0.4, 0.5) is 0 Å². The number of hydrogen-bond donors (Lipinski definition) is 0. The first-order valence-corrected chi connectivity index (χ1v) is 33.2. The highest BCUT2D eigenvalue weighted by Gasteiger charge is 2.59. The predicted octanol–water partition coefficient (Wildman–Crippen LogP) is 8.72. The van der Waals surface area contributed by atoms with Gasteiger partial charge in [0.15, 0.2) is 55.7 Å². The van der Waals surface area contributed by atoms with E-state index < -0.39 is 160 Å². The number of carbonyl (C=O) groups is 6. The maximum atomic E-state index is 14.5. The lowest BCUT2D eigenvalue weighted by Crippen LogP contribution is -2.68. The van der Waals surface area contributed by atoms with Crippen molar-refractivity contribution in [3.63, 3.8) is 0 Å². The van der Waals surface area contributed by atoms with Crippen molar-refractivity contribution in [2.75, 3.05) is 33.5 Å². The van der Waals surface area contributed by atoms with E-state index in [0.29, 0.717) is 5.56 Å². The van der Waals surface area contributed by atoms with Crippen molar-refractivity contribution in [3.05, 3.63) is 190 Å². The SMILES string of the molecule is CO[C@@H]1[C@H](O[C@H]2[C@H](OCCCN=[N+]=[N-])O[C@H](COCc3ccccc3)[C@H](O[C@@H]3OC[C@H](OC(=O)c4ccccc4)[C@H](O[C@@H]4O[C@@H](C)[C@H](OC(C)=O)[C@@H](OC(C)=O)[C@H]4OC(C)=O)[C@H]3OC(=O)CCC(C)=O)[C@@H]2OCc2ccccc2)O[C@@H](C)[C@@H](OCc2ccccc2)[C@H]1OCc1ccccc1.